The van der Waals surface area contributed by atoms with Crippen molar-refractivity contribution < 1.29 is 18.9 Å². The lowest BCUT2D eigenvalue weighted by Gasteiger charge is -2.17. The van der Waals surface area contributed by atoms with Crippen molar-refractivity contribution in [1.29, 1.82) is 0 Å². The fourth-order valence-electron chi connectivity index (χ4n) is 3.47. The first kappa shape index (κ1) is 15.8. The lowest BCUT2D eigenvalue weighted by Crippen LogP contribution is -2.10. The zero-order valence-corrected chi connectivity index (χ0v) is 14.6. The fraction of sp³-hybridized carbons (Fsp3) is 0.300. The zero-order chi connectivity index (χ0) is 17.4. The summed E-state index contributed by atoms with van der Waals surface area (Å²) in [6.45, 7) is 1.15. The van der Waals surface area contributed by atoms with Gasteiger partial charge in [0.1, 0.15) is 0 Å². The van der Waals surface area contributed by atoms with Gasteiger partial charge in [-0.3, -0.25) is 0 Å². The third kappa shape index (κ3) is 2.51. The van der Waals surface area contributed by atoms with Crippen molar-refractivity contribution in [3.63, 3.8) is 0 Å². The van der Waals surface area contributed by atoms with Gasteiger partial charge in [0.2, 0.25) is 6.79 Å². The number of likely N-dealkylation sites (N-methyl/N-ethyl adjacent to an activating group) is 1. The quantitative estimate of drug-likeness (QED) is 0.721. The van der Waals surface area contributed by atoms with Crippen LogP contribution in [-0.2, 0) is 6.42 Å². The van der Waals surface area contributed by atoms with Crippen LogP contribution in [0.2, 0.25) is 0 Å². The van der Waals surface area contributed by atoms with E-state index >= 15 is 0 Å². The summed E-state index contributed by atoms with van der Waals surface area (Å²) in [6.07, 6.45) is 0.906. The smallest absolute Gasteiger partial charge is 0.231 e. The number of hydrogen-bond donors (Lipinski definition) is 1. The average Bonchev–Trinajstić information content (AvgIpc) is 3.10. The van der Waals surface area contributed by atoms with Crippen LogP contribution in [0.4, 0.5) is 0 Å². The molecule has 1 aliphatic heterocycles. The molecule has 0 radical (unpaired) electrons. The number of rotatable bonds is 5. The largest absolute Gasteiger partial charge is 0.493 e. The maximum atomic E-state index is 5.72. The normalized spacial score (nSPS) is 12.8. The summed E-state index contributed by atoms with van der Waals surface area (Å²) in [7, 11) is 5.31. The number of ether oxygens (including phenoxy) is 4. The van der Waals surface area contributed by atoms with E-state index < -0.39 is 0 Å². The minimum atomic E-state index is 0.261. The molecule has 0 aromatic heterocycles. The Morgan fingerprint density at radius 2 is 1.80 bits per heavy atom. The summed E-state index contributed by atoms with van der Waals surface area (Å²) in [5.41, 5.74) is 1.22. The van der Waals surface area contributed by atoms with E-state index in [1.165, 1.54) is 10.9 Å². The summed E-state index contributed by atoms with van der Waals surface area (Å²) >= 11 is 0. The molecule has 0 atom stereocenters. The Morgan fingerprint density at radius 3 is 2.52 bits per heavy atom. The van der Waals surface area contributed by atoms with Gasteiger partial charge in [0.05, 0.1) is 14.2 Å². The molecule has 3 aromatic rings. The molecule has 25 heavy (non-hydrogen) atoms. The van der Waals surface area contributed by atoms with E-state index in [-0.39, 0.29) is 6.79 Å². The summed E-state index contributed by atoms with van der Waals surface area (Å²) in [5, 5.41) is 7.58. The van der Waals surface area contributed by atoms with Crippen LogP contribution >= 0.6 is 0 Å². The van der Waals surface area contributed by atoms with Crippen molar-refractivity contribution in [2.45, 2.75) is 6.42 Å². The van der Waals surface area contributed by atoms with E-state index in [0.29, 0.717) is 0 Å². The second-order valence-electron chi connectivity index (χ2n) is 6.04. The number of hydrogen-bond acceptors (Lipinski definition) is 5. The SMILES string of the molecule is CNCCc1cc(OC)c(OC)c2c1ccc1cc3c(cc12)OCO3. The molecule has 0 amide bonds. The van der Waals surface area contributed by atoms with Crippen molar-refractivity contribution in [2.24, 2.45) is 0 Å². The third-order valence-corrected chi connectivity index (χ3v) is 4.68. The van der Waals surface area contributed by atoms with Gasteiger partial charge in [0.15, 0.2) is 23.0 Å². The van der Waals surface area contributed by atoms with Crippen LogP contribution in [0.3, 0.4) is 0 Å². The highest BCUT2D eigenvalue weighted by Crippen LogP contribution is 2.45. The van der Waals surface area contributed by atoms with Crippen LogP contribution < -0.4 is 24.3 Å². The number of benzene rings is 3. The molecule has 3 aromatic carbocycles. The van der Waals surface area contributed by atoms with Gasteiger partial charge < -0.3 is 24.3 Å². The van der Waals surface area contributed by atoms with Crippen LogP contribution in [-0.4, -0.2) is 34.6 Å². The topological polar surface area (TPSA) is 49.0 Å². The Bertz CT molecular complexity index is 952. The predicted octanol–water partition coefficient (Wildman–Crippen LogP) is 3.50. The first-order valence-corrected chi connectivity index (χ1v) is 8.31. The molecule has 1 N–H and O–H groups in total. The molecule has 0 saturated carbocycles. The van der Waals surface area contributed by atoms with Crippen molar-refractivity contribution in [2.75, 3.05) is 34.6 Å². The molecule has 5 nitrogen and oxygen atoms in total. The molecule has 5 heteroatoms. The van der Waals surface area contributed by atoms with Gasteiger partial charge in [-0.05, 0) is 59.9 Å². The van der Waals surface area contributed by atoms with Gasteiger partial charge in [0.25, 0.3) is 0 Å². The summed E-state index contributed by atoms with van der Waals surface area (Å²) in [4.78, 5) is 0. The molecule has 0 bridgehead atoms. The molecule has 0 saturated heterocycles. The Hall–Kier alpha value is -2.66. The first-order valence-electron chi connectivity index (χ1n) is 8.31. The van der Waals surface area contributed by atoms with Gasteiger partial charge in [-0.15, -0.1) is 0 Å². The highest BCUT2D eigenvalue weighted by Gasteiger charge is 2.20. The number of nitrogens with one attached hydrogen (secondary N) is 1. The van der Waals surface area contributed by atoms with Gasteiger partial charge in [-0.2, -0.15) is 0 Å². The van der Waals surface area contributed by atoms with E-state index in [1.54, 1.807) is 14.2 Å². The minimum Gasteiger partial charge on any atom is -0.493 e. The Labute approximate surface area is 146 Å². The minimum absolute atomic E-state index is 0.261. The molecular formula is C20H21NO4. The Morgan fingerprint density at radius 1 is 1.00 bits per heavy atom. The zero-order valence-electron chi connectivity index (χ0n) is 14.6. The maximum Gasteiger partial charge on any atom is 0.231 e. The number of methoxy groups -OCH3 is 2. The summed E-state index contributed by atoms with van der Waals surface area (Å²) in [5.74, 6) is 3.03. The van der Waals surface area contributed by atoms with Crippen LogP contribution in [0.1, 0.15) is 5.56 Å². The molecule has 0 unspecified atom stereocenters. The summed E-state index contributed by atoms with van der Waals surface area (Å²) < 4.78 is 22.4. The summed E-state index contributed by atoms with van der Waals surface area (Å²) in [6, 6.07) is 10.4. The average molecular weight is 339 g/mol. The van der Waals surface area contributed by atoms with E-state index in [2.05, 4.69) is 23.5 Å². The third-order valence-electron chi connectivity index (χ3n) is 4.68. The van der Waals surface area contributed by atoms with E-state index in [9.17, 15) is 0 Å². The lowest BCUT2D eigenvalue weighted by atomic mass is 9.95. The van der Waals surface area contributed by atoms with Crippen LogP contribution in [0.15, 0.2) is 30.3 Å². The van der Waals surface area contributed by atoms with Crippen LogP contribution in [0.5, 0.6) is 23.0 Å². The van der Waals surface area contributed by atoms with E-state index in [0.717, 1.165) is 52.1 Å². The maximum absolute atomic E-state index is 5.72. The molecule has 1 aliphatic rings. The molecule has 130 valence electrons. The number of fused-ring (bicyclic) bond motifs is 4. The van der Waals surface area contributed by atoms with Crippen LogP contribution in [0, 0.1) is 0 Å². The molecule has 0 aliphatic carbocycles. The highest BCUT2D eigenvalue weighted by atomic mass is 16.7. The van der Waals surface area contributed by atoms with Gasteiger partial charge in [-0.25, -0.2) is 0 Å². The lowest BCUT2D eigenvalue weighted by molar-refractivity contribution is 0.174. The highest BCUT2D eigenvalue weighted by molar-refractivity contribution is 6.13. The Balaban J connectivity index is 2.08. The van der Waals surface area contributed by atoms with Gasteiger partial charge in [0, 0.05) is 5.39 Å². The van der Waals surface area contributed by atoms with E-state index in [4.69, 9.17) is 18.9 Å². The van der Waals surface area contributed by atoms with Crippen LogP contribution in [0.25, 0.3) is 21.5 Å². The van der Waals surface area contributed by atoms with E-state index in [1.807, 2.05) is 19.2 Å². The second-order valence-corrected chi connectivity index (χ2v) is 6.04. The van der Waals surface area contributed by atoms with Crippen molar-refractivity contribution >= 4 is 21.5 Å². The fourth-order valence-corrected chi connectivity index (χ4v) is 3.47. The van der Waals surface area contributed by atoms with Gasteiger partial charge in [-0.1, -0.05) is 12.1 Å². The van der Waals surface area contributed by atoms with Crippen molar-refractivity contribution in [3.8, 4) is 23.0 Å². The van der Waals surface area contributed by atoms with Crippen molar-refractivity contribution in [1.82, 2.24) is 5.32 Å². The molecular weight excluding hydrogens is 318 g/mol. The van der Waals surface area contributed by atoms with Crippen molar-refractivity contribution in [3.05, 3.63) is 35.9 Å². The monoisotopic (exact) mass is 339 g/mol. The molecule has 0 spiro atoms. The predicted molar refractivity (Wildman–Crippen MR) is 98.3 cm³/mol. The Kier molecular flexibility index (Phi) is 4.01. The standard InChI is InChI=1S/C20H21NO4/c1-21-7-6-13-9-18(22-2)20(23-3)19-14(13)5-4-12-8-16-17(10-15(12)19)25-11-24-16/h4-5,8-10,21H,6-7,11H2,1-3H3. The first-order chi connectivity index (χ1) is 12.3. The molecule has 0 fully saturated rings. The molecule has 1 heterocycles. The molecule has 4 rings (SSSR count). The second kappa shape index (κ2) is 6.33. The van der Waals surface area contributed by atoms with Gasteiger partial charge >= 0.3 is 0 Å².